The highest BCUT2D eigenvalue weighted by atomic mass is 31.2. The summed E-state index contributed by atoms with van der Waals surface area (Å²) in [5.41, 5.74) is 5.33. The molecule has 0 heterocycles. The maximum absolute atomic E-state index is 12.5. The molecule has 3 atom stereocenters. The summed E-state index contributed by atoms with van der Waals surface area (Å²) in [5.74, 6) is -1.77. The van der Waals surface area contributed by atoms with Crippen molar-refractivity contribution >= 4 is 19.8 Å². The van der Waals surface area contributed by atoms with Crippen molar-refractivity contribution in [3.63, 3.8) is 0 Å². The van der Waals surface area contributed by atoms with Gasteiger partial charge in [0.15, 0.2) is 0 Å². The van der Waals surface area contributed by atoms with Gasteiger partial charge in [-0.1, -0.05) is 168 Å². The van der Waals surface area contributed by atoms with Crippen molar-refractivity contribution in [3.8, 4) is 0 Å². The number of carboxylic acid groups (broad SMARTS) is 1. The van der Waals surface area contributed by atoms with Gasteiger partial charge in [0.2, 0.25) is 0 Å². The quantitative estimate of drug-likeness (QED) is 0.0321. The number of hydrogen-bond donors (Lipinski definition) is 3. The Morgan fingerprint density at radius 2 is 0.958 bits per heavy atom. The Kier molecular flexibility index (Phi) is 33.7. The number of esters is 1. The molecule has 0 saturated carbocycles. The van der Waals surface area contributed by atoms with E-state index in [1.54, 1.807) is 0 Å². The predicted molar refractivity (Wildman–Crippen MR) is 194 cm³/mol. The molecule has 4 N–H and O–H groups in total. The van der Waals surface area contributed by atoms with Gasteiger partial charge in [-0.05, 0) is 12.8 Å². The Labute approximate surface area is 293 Å². The zero-order chi connectivity index (χ0) is 35.6. The second-order valence-corrected chi connectivity index (χ2v) is 14.9. The van der Waals surface area contributed by atoms with Gasteiger partial charge in [-0.3, -0.25) is 18.6 Å². The van der Waals surface area contributed by atoms with E-state index in [4.69, 9.17) is 29.4 Å². The van der Waals surface area contributed by atoms with Crippen molar-refractivity contribution in [1.29, 1.82) is 0 Å². The Bertz CT molecular complexity index is 786. The molecule has 0 aromatic heterocycles. The maximum Gasteiger partial charge on any atom is 0.472 e. The minimum absolute atomic E-state index is 0.0250. The highest BCUT2D eigenvalue weighted by Gasteiger charge is 2.27. The van der Waals surface area contributed by atoms with Crippen molar-refractivity contribution in [3.05, 3.63) is 0 Å². The van der Waals surface area contributed by atoms with E-state index in [-0.39, 0.29) is 13.0 Å². The molecule has 48 heavy (non-hydrogen) atoms. The van der Waals surface area contributed by atoms with Crippen LogP contribution in [0.1, 0.15) is 187 Å². The van der Waals surface area contributed by atoms with Gasteiger partial charge in [0, 0.05) is 13.0 Å². The van der Waals surface area contributed by atoms with Crippen LogP contribution in [0, 0.1) is 0 Å². The Morgan fingerprint density at radius 1 is 0.583 bits per heavy atom. The number of unbranched alkanes of at least 4 members (excludes halogenated alkanes) is 24. The molecule has 0 saturated heterocycles. The van der Waals surface area contributed by atoms with Crippen molar-refractivity contribution in [2.24, 2.45) is 5.73 Å². The highest BCUT2D eigenvalue weighted by Crippen LogP contribution is 2.43. The van der Waals surface area contributed by atoms with Crippen LogP contribution >= 0.6 is 7.82 Å². The molecule has 0 rings (SSSR count). The number of carboxylic acids is 1. The van der Waals surface area contributed by atoms with Crippen LogP contribution in [0.4, 0.5) is 0 Å². The SMILES string of the molecule is CCCCCCCCCCCCCCCCCCOCC(COP(=O)(O)OCC(N)C(=O)O)OC(=O)CCCCCCCCCCCC. The molecule has 0 aromatic rings. The van der Waals surface area contributed by atoms with Gasteiger partial charge >= 0.3 is 19.8 Å². The molecule has 0 spiro atoms. The summed E-state index contributed by atoms with van der Waals surface area (Å²) >= 11 is 0. The first kappa shape index (κ1) is 47.0. The summed E-state index contributed by atoms with van der Waals surface area (Å²) in [6, 6.07) is -1.47. The summed E-state index contributed by atoms with van der Waals surface area (Å²) in [6.45, 7) is 3.89. The minimum Gasteiger partial charge on any atom is -0.480 e. The Balaban J connectivity index is 4.21. The first-order valence-corrected chi connectivity index (χ1v) is 21.1. The number of hydrogen-bond acceptors (Lipinski definition) is 8. The molecule has 286 valence electrons. The van der Waals surface area contributed by atoms with Gasteiger partial charge < -0.3 is 25.2 Å². The van der Waals surface area contributed by atoms with Crippen LogP contribution in [0.2, 0.25) is 0 Å². The number of rotatable bonds is 38. The van der Waals surface area contributed by atoms with Crippen molar-refractivity contribution in [1.82, 2.24) is 0 Å². The third-order valence-electron chi connectivity index (χ3n) is 8.64. The van der Waals surface area contributed by atoms with Crippen LogP contribution in [0.3, 0.4) is 0 Å². The lowest BCUT2D eigenvalue weighted by atomic mass is 10.0. The molecule has 0 aliphatic carbocycles. The van der Waals surface area contributed by atoms with Crippen LogP contribution in [0.25, 0.3) is 0 Å². The summed E-state index contributed by atoms with van der Waals surface area (Å²) in [4.78, 5) is 33.3. The third kappa shape index (κ3) is 33.5. The molecule has 0 radical (unpaired) electrons. The number of aliphatic carboxylic acids is 1. The summed E-state index contributed by atoms with van der Waals surface area (Å²) in [6.07, 6.45) is 31.6. The highest BCUT2D eigenvalue weighted by molar-refractivity contribution is 7.47. The number of carbonyl (C=O) groups excluding carboxylic acids is 1. The predicted octanol–water partition coefficient (Wildman–Crippen LogP) is 10.0. The monoisotopic (exact) mass is 708 g/mol. The number of phosphoric ester groups is 1. The fourth-order valence-corrected chi connectivity index (χ4v) is 6.32. The van der Waals surface area contributed by atoms with Gasteiger partial charge in [-0.2, -0.15) is 0 Å². The van der Waals surface area contributed by atoms with Crippen LogP contribution in [-0.2, 0) is 32.7 Å². The topological polar surface area (TPSA) is 155 Å². The van der Waals surface area contributed by atoms with E-state index in [0.717, 1.165) is 38.5 Å². The fourth-order valence-electron chi connectivity index (χ4n) is 5.55. The van der Waals surface area contributed by atoms with E-state index < -0.39 is 45.1 Å². The van der Waals surface area contributed by atoms with Crippen molar-refractivity contribution in [2.45, 2.75) is 199 Å². The third-order valence-corrected chi connectivity index (χ3v) is 9.59. The first-order valence-electron chi connectivity index (χ1n) is 19.6. The molecule has 0 bridgehead atoms. The van der Waals surface area contributed by atoms with Crippen LogP contribution in [0.5, 0.6) is 0 Å². The largest absolute Gasteiger partial charge is 0.480 e. The average molecular weight is 708 g/mol. The van der Waals surface area contributed by atoms with Gasteiger partial charge in [0.05, 0.1) is 19.8 Å². The lowest BCUT2D eigenvalue weighted by molar-refractivity contribution is -0.154. The zero-order valence-electron chi connectivity index (χ0n) is 30.9. The average Bonchev–Trinajstić information content (AvgIpc) is 3.06. The smallest absolute Gasteiger partial charge is 0.472 e. The van der Waals surface area contributed by atoms with E-state index in [1.807, 2.05) is 0 Å². The zero-order valence-corrected chi connectivity index (χ0v) is 31.7. The van der Waals surface area contributed by atoms with Gasteiger partial charge in [-0.15, -0.1) is 0 Å². The van der Waals surface area contributed by atoms with Crippen LogP contribution in [0.15, 0.2) is 0 Å². The van der Waals surface area contributed by atoms with E-state index in [9.17, 15) is 19.0 Å². The van der Waals surface area contributed by atoms with Gasteiger partial charge in [0.1, 0.15) is 12.1 Å². The van der Waals surface area contributed by atoms with Gasteiger partial charge in [0.25, 0.3) is 0 Å². The maximum atomic E-state index is 12.5. The molecule has 11 heteroatoms. The number of carbonyl (C=O) groups is 2. The molecule has 0 aliphatic heterocycles. The van der Waals surface area contributed by atoms with E-state index in [2.05, 4.69) is 13.8 Å². The Hall–Kier alpha value is -1.03. The molecule has 3 unspecified atom stereocenters. The minimum atomic E-state index is -4.60. The second-order valence-electron chi connectivity index (χ2n) is 13.4. The normalized spacial score (nSPS) is 14.1. The fraction of sp³-hybridized carbons (Fsp3) is 0.946. The number of nitrogens with two attached hydrogens (primary N) is 1. The second kappa shape index (κ2) is 34.4. The molecule has 0 amide bonds. The standard InChI is InChI=1S/C37H74NO9P/c1-3-5-7-9-11-13-15-16-17-18-19-20-22-24-26-28-30-44-31-34(32-45-48(42,43)46-33-35(38)37(40)41)47-36(39)29-27-25-23-21-14-12-10-8-6-4-2/h34-35H,3-33,38H2,1-2H3,(H,40,41)(H,42,43). The molecule has 0 aliphatic rings. The van der Waals surface area contributed by atoms with E-state index >= 15 is 0 Å². The van der Waals surface area contributed by atoms with Crippen LogP contribution in [-0.4, -0.2) is 60.5 Å². The molecule has 10 nitrogen and oxygen atoms in total. The van der Waals surface area contributed by atoms with E-state index in [0.29, 0.717) is 6.61 Å². The molecule has 0 fully saturated rings. The van der Waals surface area contributed by atoms with Crippen molar-refractivity contribution < 1.29 is 42.7 Å². The molecular formula is C37H74NO9P. The summed E-state index contributed by atoms with van der Waals surface area (Å²) < 4.78 is 33.2. The lowest BCUT2D eigenvalue weighted by Crippen LogP contribution is -2.34. The summed E-state index contributed by atoms with van der Waals surface area (Å²) in [5, 5.41) is 8.86. The van der Waals surface area contributed by atoms with Gasteiger partial charge in [-0.25, -0.2) is 4.57 Å². The van der Waals surface area contributed by atoms with Crippen molar-refractivity contribution in [2.75, 3.05) is 26.4 Å². The number of ether oxygens (including phenoxy) is 2. The lowest BCUT2D eigenvalue weighted by Gasteiger charge is -2.20. The number of phosphoric acid groups is 1. The Morgan fingerprint density at radius 3 is 1.38 bits per heavy atom. The molecular weight excluding hydrogens is 633 g/mol. The summed E-state index contributed by atoms with van der Waals surface area (Å²) in [7, 11) is -4.60. The molecule has 0 aromatic carbocycles. The van der Waals surface area contributed by atoms with Crippen LogP contribution < -0.4 is 5.73 Å². The van der Waals surface area contributed by atoms with E-state index in [1.165, 1.54) is 128 Å². The first-order chi connectivity index (χ1) is 23.2.